The van der Waals surface area contributed by atoms with Crippen molar-refractivity contribution in [2.45, 2.75) is 33.4 Å². The van der Waals surface area contributed by atoms with Crippen LogP contribution in [0.4, 0.5) is 0 Å². The van der Waals surface area contributed by atoms with Crippen molar-refractivity contribution >= 4 is 11.6 Å². The van der Waals surface area contributed by atoms with Gasteiger partial charge in [-0.2, -0.15) is 4.98 Å². The molecule has 0 unspecified atom stereocenters. The summed E-state index contributed by atoms with van der Waals surface area (Å²) in [5.41, 5.74) is 1.87. The smallest absolute Gasteiger partial charge is 0.399 e. The molecule has 0 bridgehead atoms. The van der Waals surface area contributed by atoms with Crippen molar-refractivity contribution in [1.29, 1.82) is 0 Å². The lowest BCUT2D eigenvalue weighted by Gasteiger charge is -2.04. The fourth-order valence-corrected chi connectivity index (χ4v) is 1.78. The summed E-state index contributed by atoms with van der Waals surface area (Å²) in [7, 11) is 0. The molecule has 0 aliphatic rings. The molecule has 0 fully saturated rings. The lowest BCUT2D eigenvalue weighted by atomic mass is 10.2. The van der Waals surface area contributed by atoms with E-state index in [-0.39, 0.29) is 6.08 Å². The third kappa shape index (κ3) is 3.98. The molecular formula is C14H17ClN2O2. The Balaban J connectivity index is 2.03. The van der Waals surface area contributed by atoms with Gasteiger partial charge in [0.25, 0.3) is 0 Å². The molecule has 2 rings (SSSR count). The summed E-state index contributed by atoms with van der Waals surface area (Å²) in [6.07, 6.45) is 1.78. The molecule has 1 N–H and O–H groups in total. The summed E-state index contributed by atoms with van der Waals surface area (Å²) < 4.78 is 10.8. The van der Waals surface area contributed by atoms with E-state index in [2.05, 4.69) is 24.1 Å². The zero-order valence-electron chi connectivity index (χ0n) is 11.2. The third-order valence-corrected chi connectivity index (χ3v) is 2.80. The maximum absolute atomic E-state index is 6.08. The first-order valence-electron chi connectivity index (χ1n) is 6.16. The van der Waals surface area contributed by atoms with Crippen LogP contribution in [0.25, 0.3) is 0 Å². The molecule has 0 saturated carbocycles. The molecule has 2 aromatic rings. The number of hydrogen-bond donors (Lipinski definition) is 1. The summed E-state index contributed by atoms with van der Waals surface area (Å²) in [6.45, 7) is 6.76. The zero-order chi connectivity index (χ0) is 13.8. The summed E-state index contributed by atoms with van der Waals surface area (Å²) in [6, 6.07) is 5.95. The summed E-state index contributed by atoms with van der Waals surface area (Å²) in [5.74, 6) is 0.539. The van der Waals surface area contributed by atoms with Crippen LogP contribution in [0.2, 0.25) is 5.02 Å². The van der Waals surface area contributed by atoms with Crippen LogP contribution < -0.4 is 10.1 Å². The van der Waals surface area contributed by atoms with Crippen LogP contribution in [-0.4, -0.2) is 11.0 Å². The topological polar surface area (TPSA) is 47.3 Å². The van der Waals surface area contributed by atoms with Gasteiger partial charge in [-0.05, 0) is 24.6 Å². The molecule has 1 aromatic carbocycles. The average molecular weight is 281 g/mol. The first-order valence-corrected chi connectivity index (χ1v) is 6.54. The van der Waals surface area contributed by atoms with Crippen LogP contribution in [0.15, 0.2) is 28.9 Å². The molecule has 0 amide bonds. The fraction of sp³-hybridized carbons (Fsp3) is 0.357. The van der Waals surface area contributed by atoms with Crippen LogP contribution in [0.5, 0.6) is 11.8 Å². The van der Waals surface area contributed by atoms with E-state index in [0.29, 0.717) is 23.4 Å². The minimum absolute atomic E-state index is 0.200. The molecule has 0 aliphatic carbocycles. The molecule has 0 spiro atoms. The molecule has 102 valence electrons. The maximum atomic E-state index is 6.08. The molecule has 1 heterocycles. The first kappa shape index (κ1) is 13.9. The van der Waals surface area contributed by atoms with Gasteiger partial charge in [-0.3, -0.25) is 0 Å². The van der Waals surface area contributed by atoms with Gasteiger partial charge < -0.3 is 14.5 Å². The normalized spacial score (nSPS) is 11.0. The number of rotatable bonds is 5. The van der Waals surface area contributed by atoms with Crippen LogP contribution in [0, 0.1) is 6.92 Å². The van der Waals surface area contributed by atoms with Crippen molar-refractivity contribution in [1.82, 2.24) is 10.3 Å². The van der Waals surface area contributed by atoms with E-state index in [1.54, 1.807) is 12.3 Å². The highest BCUT2D eigenvalue weighted by atomic mass is 35.5. The Bertz CT molecular complexity index is 552. The molecule has 19 heavy (non-hydrogen) atoms. The van der Waals surface area contributed by atoms with Gasteiger partial charge in [0.05, 0.1) is 10.7 Å². The highest BCUT2D eigenvalue weighted by Gasteiger charge is 2.09. The number of nitrogens with one attached hydrogen (secondary N) is 1. The van der Waals surface area contributed by atoms with Gasteiger partial charge in [0.2, 0.25) is 0 Å². The largest absolute Gasteiger partial charge is 0.417 e. The molecular weight excluding hydrogens is 264 g/mol. The Morgan fingerprint density at radius 2 is 2.21 bits per heavy atom. The monoisotopic (exact) mass is 280 g/mol. The molecule has 5 heteroatoms. The van der Waals surface area contributed by atoms with Crippen LogP contribution in [0.1, 0.15) is 25.1 Å². The van der Waals surface area contributed by atoms with Gasteiger partial charge in [0, 0.05) is 12.6 Å². The van der Waals surface area contributed by atoms with E-state index < -0.39 is 0 Å². The Kier molecular flexibility index (Phi) is 4.45. The SMILES string of the molecule is Cc1ccc(Oc2nc(CNC(C)C)co2)c(Cl)c1. The average Bonchev–Trinajstić information content (AvgIpc) is 2.78. The van der Waals surface area contributed by atoms with Crippen molar-refractivity contribution in [2.24, 2.45) is 0 Å². The van der Waals surface area contributed by atoms with E-state index >= 15 is 0 Å². The van der Waals surface area contributed by atoms with E-state index in [1.807, 2.05) is 19.1 Å². The van der Waals surface area contributed by atoms with E-state index in [1.165, 1.54) is 0 Å². The second-order valence-corrected chi connectivity index (χ2v) is 5.08. The molecule has 0 aliphatic heterocycles. The summed E-state index contributed by atoms with van der Waals surface area (Å²) >= 11 is 6.08. The number of hydrogen-bond acceptors (Lipinski definition) is 4. The third-order valence-electron chi connectivity index (χ3n) is 2.51. The molecule has 0 saturated heterocycles. The van der Waals surface area contributed by atoms with Gasteiger partial charge in [-0.1, -0.05) is 31.5 Å². The molecule has 0 radical (unpaired) electrons. The predicted octanol–water partition coefficient (Wildman–Crippen LogP) is 3.93. The number of nitrogens with zero attached hydrogens (tertiary/aromatic N) is 1. The first-order chi connectivity index (χ1) is 9.04. The number of oxazole rings is 1. The Labute approximate surface area is 117 Å². The van der Waals surface area contributed by atoms with Crippen LogP contribution in [0.3, 0.4) is 0 Å². The lowest BCUT2D eigenvalue weighted by molar-refractivity contribution is 0.331. The van der Waals surface area contributed by atoms with Crippen molar-refractivity contribution in [3.05, 3.63) is 40.7 Å². The van der Waals surface area contributed by atoms with Crippen molar-refractivity contribution in [2.75, 3.05) is 0 Å². The number of aryl methyl sites for hydroxylation is 1. The maximum Gasteiger partial charge on any atom is 0.399 e. The van der Waals surface area contributed by atoms with Crippen LogP contribution >= 0.6 is 11.6 Å². The Morgan fingerprint density at radius 3 is 2.89 bits per heavy atom. The standard InChI is InChI=1S/C14H17ClN2O2/c1-9(2)16-7-11-8-18-14(17-11)19-13-5-4-10(3)6-12(13)15/h4-6,8-9,16H,7H2,1-3H3. The number of aromatic nitrogens is 1. The zero-order valence-corrected chi connectivity index (χ0v) is 12.0. The minimum atomic E-state index is 0.200. The van der Waals surface area contributed by atoms with Crippen molar-refractivity contribution in [3.8, 4) is 11.8 Å². The summed E-state index contributed by atoms with van der Waals surface area (Å²) in [5, 5.41) is 3.80. The van der Waals surface area contributed by atoms with Gasteiger partial charge in [0.15, 0.2) is 5.75 Å². The number of ether oxygens (including phenoxy) is 1. The Morgan fingerprint density at radius 1 is 1.42 bits per heavy atom. The molecule has 1 aromatic heterocycles. The predicted molar refractivity (Wildman–Crippen MR) is 74.7 cm³/mol. The van der Waals surface area contributed by atoms with Crippen molar-refractivity contribution < 1.29 is 9.15 Å². The van der Waals surface area contributed by atoms with Gasteiger partial charge in [-0.15, -0.1) is 0 Å². The number of halogens is 1. The molecule has 0 atom stereocenters. The van der Waals surface area contributed by atoms with E-state index in [0.717, 1.165) is 11.3 Å². The second-order valence-electron chi connectivity index (χ2n) is 4.68. The van der Waals surface area contributed by atoms with E-state index in [9.17, 15) is 0 Å². The van der Waals surface area contributed by atoms with Crippen molar-refractivity contribution in [3.63, 3.8) is 0 Å². The quantitative estimate of drug-likeness (QED) is 0.901. The van der Waals surface area contributed by atoms with Gasteiger partial charge in [0.1, 0.15) is 6.26 Å². The molecule has 4 nitrogen and oxygen atoms in total. The van der Waals surface area contributed by atoms with Gasteiger partial charge >= 0.3 is 6.08 Å². The summed E-state index contributed by atoms with van der Waals surface area (Å²) in [4.78, 5) is 4.23. The highest BCUT2D eigenvalue weighted by Crippen LogP contribution is 2.29. The minimum Gasteiger partial charge on any atom is -0.417 e. The lowest BCUT2D eigenvalue weighted by Crippen LogP contribution is -2.21. The number of benzene rings is 1. The van der Waals surface area contributed by atoms with Crippen LogP contribution in [-0.2, 0) is 6.54 Å². The highest BCUT2D eigenvalue weighted by molar-refractivity contribution is 6.32. The second kappa shape index (κ2) is 6.08. The van der Waals surface area contributed by atoms with Gasteiger partial charge in [-0.25, -0.2) is 0 Å². The Hall–Kier alpha value is -1.52. The van der Waals surface area contributed by atoms with E-state index in [4.69, 9.17) is 20.8 Å². The fourth-order valence-electron chi connectivity index (χ4n) is 1.51.